The largest absolute Gasteiger partial charge is 0.497 e. The molecule has 0 spiro atoms. The van der Waals surface area contributed by atoms with E-state index in [1.165, 1.54) is 0 Å². The second kappa shape index (κ2) is 8.14. The monoisotopic (exact) mass is 323 g/mol. The fourth-order valence-electron chi connectivity index (χ4n) is 2.45. The number of hydrogen-bond donors (Lipinski definition) is 1. The van der Waals surface area contributed by atoms with Crippen molar-refractivity contribution in [3.8, 4) is 11.8 Å². The molecule has 0 aromatic heterocycles. The van der Waals surface area contributed by atoms with Crippen LogP contribution in [-0.2, 0) is 0 Å². The summed E-state index contributed by atoms with van der Waals surface area (Å²) >= 11 is 0. The fraction of sp³-hybridized carbons (Fsp3) is 0.263. The number of hydrogen-bond acceptors (Lipinski definition) is 4. The molecule has 5 nitrogen and oxygen atoms in total. The molecule has 0 aliphatic carbocycles. The van der Waals surface area contributed by atoms with Crippen LogP contribution in [0.1, 0.15) is 27.5 Å². The molecule has 1 unspecified atom stereocenters. The maximum absolute atomic E-state index is 12.3. The van der Waals surface area contributed by atoms with Gasteiger partial charge in [0.25, 0.3) is 5.91 Å². The molecule has 0 aliphatic rings. The van der Waals surface area contributed by atoms with Crippen LogP contribution in [0, 0.1) is 11.3 Å². The predicted molar refractivity (Wildman–Crippen MR) is 92.9 cm³/mol. The Balaban J connectivity index is 2.08. The molecule has 0 fully saturated rings. The summed E-state index contributed by atoms with van der Waals surface area (Å²) in [6.45, 7) is 0.467. The number of nitrogens with zero attached hydrogens (tertiary/aromatic N) is 2. The molecule has 1 N–H and O–H groups in total. The first-order valence-corrected chi connectivity index (χ1v) is 7.64. The normalized spacial score (nSPS) is 11.6. The number of carbonyl (C=O) groups excluding carboxylic acids is 1. The molecule has 5 heteroatoms. The highest BCUT2D eigenvalue weighted by molar-refractivity contribution is 5.94. The maximum atomic E-state index is 12.3. The molecular weight excluding hydrogens is 302 g/mol. The molecule has 24 heavy (non-hydrogen) atoms. The first-order valence-electron chi connectivity index (χ1n) is 7.64. The molecule has 2 rings (SSSR count). The van der Waals surface area contributed by atoms with Crippen molar-refractivity contribution in [2.24, 2.45) is 0 Å². The molecule has 0 radical (unpaired) electrons. The van der Waals surface area contributed by atoms with Gasteiger partial charge in [-0.2, -0.15) is 5.26 Å². The van der Waals surface area contributed by atoms with E-state index in [-0.39, 0.29) is 11.9 Å². The van der Waals surface area contributed by atoms with Crippen molar-refractivity contribution in [1.29, 1.82) is 5.26 Å². The van der Waals surface area contributed by atoms with Crippen LogP contribution in [-0.4, -0.2) is 38.6 Å². The van der Waals surface area contributed by atoms with Crippen LogP contribution in [0.3, 0.4) is 0 Å². The van der Waals surface area contributed by atoms with Crippen LogP contribution < -0.4 is 10.1 Å². The molecule has 2 aromatic rings. The molecule has 0 aliphatic heterocycles. The second-order valence-corrected chi connectivity index (χ2v) is 5.66. The van der Waals surface area contributed by atoms with Crippen molar-refractivity contribution in [2.75, 3.05) is 27.7 Å². The maximum Gasteiger partial charge on any atom is 0.251 e. The summed E-state index contributed by atoms with van der Waals surface area (Å²) < 4.78 is 5.18. The zero-order chi connectivity index (χ0) is 17.5. The van der Waals surface area contributed by atoms with E-state index in [4.69, 9.17) is 10.00 Å². The molecule has 124 valence electrons. The SMILES string of the molecule is COc1ccc(C(CNC(=O)c2cccc(C#N)c2)N(C)C)cc1. The van der Waals surface area contributed by atoms with Crippen molar-refractivity contribution in [3.63, 3.8) is 0 Å². The number of likely N-dealkylation sites (N-methyl/N-ethyl adjacent to an activating group) is 1. The third kappa shape index (κ3) is 4.34. The minimum Gasteiger partial charge on any atom is -0.497 e. The van der Waals surface area contributed by atoms with E-state index in [0.29, 0.717) is 17.7 Å². The first kappa shape index (κ1) is 17.5. The summed E-state index contributed by atoms with van der Waals surface area (Å²) in [7, 11) is 5.57. The number of nitrogens with one attached hydrogen (secondary N) is 1. The van der Waals surface area contributed by atoms with Gasteiger partial charge in [0.2, 0.25) is 0 Å². The van der Waals surface area contributed by atoms with Gasteiger partial charge in [-0.3, -0.25) is 4.79 Å². The molecule has 1 amide bonds. The summed E-state index contributed by atoms with van der Waals surface area (Å²) in [4.78, 5) is 14.4. The van der Waals surface area contributed by atoms with Crippen molar-refractivity contribution < 1.29 is 9.53 Å². The standard InChI is InChI=1S/C19H21N3O2/c1-22(2)18(15-7-9-17(24-3)10-8-15)13-21-19(23)16-6-4-5-14(11-16)12-20/h4-11,18H,13H2,1-3H3,(H,21,23). The summed E-state index contributed by atoms with van der Waals surface area (Å²) in [6, 6.07) is 16.6. The highest BCUT2D eigenvalue weighted by Crippen LogP contribution is 2.20. The summed E-state index contributed by atoms with van der Waals surface area (Å²) in [5, 5.41) is 11.9. The lowest BCUT2D eigenvalue weighted by molar-refractivity contribution is 0.0942. The second-order valence-electron chi connectivity index (χ2n) is 5.66. The average molecular weight is 323 g/mol. The molecule has 2 aromatic carbocycles. The number of benzene rings is 2. The van der Waals surface area contributed by atoms with E-state index < -0.39 is 0 Å². The van der Waals surface area contributed by atoms with Crippen molar-refractivity contribution in [2.45, 2.75) is 6.04 Å². The Labute approximate surface area is 142 Å². The van der Waals surface area contributed by atoms with Crippen LogP contribution in [0.4, 0.5) is 0 Å². The van der Waals surface area contributed by atoms with E-state index in [0.717, 1.165) is 11.3 Å². The summed E-state index contributed by atoms with van der Waals surface area (Å²) in [6.07, 6.45) is 0. The zero-order valence-corrected chi connectivity index (χ0v) is 14.1. The quantitative estimate of drug-likeness (QED) is 0.887. The van der Waals surface area contributed by atoms with Crippen LogP contribution in [0.5, 0.6) is 5.75 Å². The lowest BCUT2D eigenvalue weighted by Gasteiger charge is -2.25. The van der Waals surface area contributed by atoms with E-state index in [1.54, 1.807) is 31.4 Å². The van der Waals surface area contributed by atoms with Crippen molar-refractivity contribution in [3.05, 3.63) is 65.2 Å². The van der Waals surface area contributed by atoms with Crippen LogP contribution in [0.25, 0.3) is 0 Å². The first-order chi connectivity index (χ1) is 11.5. The topological polar surface area (TPSA) is 65.4 Å². The van der Waals surface area contributed by atoms with Gasteiger partial charge in [-0.05, 0) is 50.0 Å². The highest BCUT2D eigenvalue weighted by atomic mass is 16.5. The number of methoxy groups -OCH3 is 1. The van der Waals surface area contributed by atoms with Crippen molar-refractivity contribution >= 4 is 5.91 Å². The number of amides is 1. The molecule has 1 atom stereocenters. The van der Waals surface area contributed by atoms with Gasteiger partial charge in [-0.25, -0.2) is 0 Å². The Morgan fingerprint density at radius 3 is 2.54 bits per heavy atom. The van der Waals surface area contributed by atoms with Gasteiger partial charge in [0, 0.05) is 12.1 Å². The Morgan fingerprint density at radius 1 is 1.25 bits per heavy atom. The number of rotatable bonds is 6. The van der Waals surface area contributed by atoms with Gasteiger partial charge in [-0.15, -0.1) is 0 Å². The van der Waals surface area contributed by atoms with E-state index in [1.807, 2.05) is 49.3 Å². The van der Waals surface area contributed by atoms with Crippen LogP contribution in [0.2, 0.25) is 0 Å². The predicted octanol–water partition coefficient (Wildman–Crippen LogP) is 2.60. The summed E-state index contributed by atoms with van der Waals surface area (Å²) in [5.41, 5.74) is 2.05. The Morgan fingerprint density at radius 2 is 1.96 bits per heavy atom. The summed E-state index contributed by atoms with van der Waals surface area (Å²) in [5.74, 6) is 0.612. The molecule has 0 saturated heterocycles. The zero-order valence-electron chi connectivity index (χ0n) is 14.1. The Bertz CT molecular complexity index is 733. The number of carbonyl (C=O) groups is 1. The Kier molecular flexibility index (Phi) is 5.94. The Hall–Kier alpha value is -2.84. The third-order valence-electron chi connectivity index (χ3n) is 3.83. The molecule has 0 saturated carbocycles. The number of nitriles is 1. The van der Waals surface area contributed by atoms with Gasteiger partial charge in [0.1, 0.15) is 5.75 Å². The third-order valence-corrected chi connectivity index (χ3v) is 3.83. The van der Waals surface area contributed by atoms with Gasteiger partial charge >= 0.3 is 0 Å². The van der Waals surface area contributed by atoms with E-state index in [9.17, 15) is 4.79 Å². The lowest BCUT2D eigenvalue weighted by Crippen LogP contribution is -2.34. The highest BCUT2D eigenvalue weighted by Gasteiger charge is 2.16. The molecule has 0 heterocycles. The lowest BCUT2D eigenvalue weighted by atomic mass is 10.1. The minimum atomic E-state index is -0.188. The van der Waals surface area contributed by atoms with Gasteiger partial charge in [0.15, 0.2) is 0 Å². The van der Waals surface area contributed by atoms with Crippen molar-refractivity contribution in [1.82, 2.24) is 10.2 Å². The van der Waals surface area contributed by atoms with Crippen LogP contribution >= 0.6 is 0 Å². The smallest absolute Gasteiger partial charge is 0.251 e. The molecular formula is C19H21N3O2. The number of ether oxygens (including phenoxy) is 1. The van der Waals surface area contributed by atoms with E-state index >= 15 is 0 Å². The minimum absolute atomic E-state index is 0.0407. The average Bonchev–Trinajstić information content (AvgIpc) is 2.62. The fourth-order valence-corrected chi connectivity index (χ4v) is 2.45. The van der Waals surface area contributed by atoms with Gasteiger partial charge < -0.3 is 15.0 Å². The van der Waals surface area contributed by atoms with Gasteiger partial charge in [0.05, 0.1) is 24.8 Å². The van der Waals surface area contributed by atoms with Crippen LogP contribution in [0.15, 0.2) is 48.5 Å². The molecule has 0 bridgehead atoms. The van der Waals surface area contributed by atoms with Gasteiger partial charge in [-0.1, -0.05) is 18.2 Å². The van der Waals surface area contributed by atoms with E-state index in [2.05, 4.69) is 5.32 Å².